The molecule has 3 rings (SSSR count). The van der Waals surface area contributed by atoms with Gasteiger partial charge in [-0.2, -0.15) is 0 Å². The van der Waals surface area contributed by atoms with Crippen LogP contribution in [0.15, 0.2) is 22.7 Å². The number of allylic oxidation sites excluding steroid dienone is 1. The van der Waals surface area contributed by atoms with E-state index in [9.17, 15) is 9.59 Å². The molecule has 9 heteroatoms. The monoisotopic (exact) mass is 366 g/mol. The first-order valence-electron chi connectivity index (χ1n) is 7.40. The Morgan fingerprint density at radius 1 is 1.46 bits per heavy atom. The first-order chi connectivity index (χ1) is 11.3. The highest BCUT2D eigenvalue weighted by molar-refractivity contribution is 8.00. The Kier molecular flexibility index (Phi) is 4.50. The smallest absolute Gasteiger partial charge is 0.355 e. The van der Waals surface area contributed by atoms with Crippen molar-refractivity contribution in [1.29, 1.82) is 0 Å². The van der Waals surface area contributed by atoms with Crippen LogP contribution in [-0.4, -0.2) is 49.1 Å². The molecule has 0 saturated carbocycles. The maximum Gasteiger partial charge on any atom is 0.355 e. The summed E-state index contributed by atoms with van der Waals surface area (Å²) in [7, 11) is 0. The Bertz CT molecular complexity index is 722. The van der Waals surface area contributed by atoms with E-state index in [1.807, 2.05) is 0 Å². The van der Waals surface area contributed by atoms with Gasteiger partial charge in [0.1, 0.15) is 22.7 Å². The van der Waals surface area contributed by atoms with Crippen LogP contribution in [0.4, 0.5) is 0 Å². The molecule has 0 aliphatic carbocycles. The van der Waals surface area contributed by atoms with E-state index in [0.717, 1.165) is 5.57 Å². The molecule has 1 aromatic rings. The molecule has 1 saturated heterocycles. The number of nitrogens with two attached hydrogens (primary N) is 1. The van der Waals surface area contributed by atoms with Crippen molar-refractivity contribution in [3.63, 3.8) is 0 Å². The lowest BCUT2D eigenvalue weighted by atomic mass is 10.0. The number of nitrogens with zero attached hydrogens (tertiary/aromatic N) is 3. The first-order valence-corrected chi connectivity index (χ1v) is 9.28. The summed E-state index contributed by atoms with van der Waals surface area (Å²) in [4.78, 5) is 26.2. The fourth-order valence-corrected chi connectivity index (χ4v) is 4.10. The molecule has 0 aromatic carbocycles. The highest BCUT2D eigenvalue weighted by Gasteiger charge is 2.52. The predicted molar refractivity (Wildman–Crippen MR) is 92.9 cm³/mol. The Balaban J connectivity index is 1.95. The van der Waals surface area contributed by atoms with Gasteiger partial charge < -0.3 is 10.5 Å². The van der Waals surface area contributed by atoms with E-state index in [4.69, 9.17) is 10.5 Å². The number of esters is 1. The van der Waals surface area contributed by atoms with Crippen LogP contribution in [0.3, 0.4) is 0 Å². The molecule has 1 amide bonds. The van der Waals surface area contributed by atoms with E-state index in [-0.39, 0.29) is 17.0 Å². The van der Waals surface area contributed by atoms with Gasteiger partial charge in [0.2, 0.25) is 5.91 Å². The van der Waals surface area contributed by atoms with Gasteiger partial charge in [-0.15, -0.1) is 16.9 Å². The molecule has 2 atom stereocenters. The second kappa shape index (κ2) is 6.30. The molecular weight excluding hydrogens is 348 g/mol. The van der Waals surface area contributed by atoms with Crippen LogP contribution < -0.4 is 5.73 Å². The number of rotatable bonds is 3. The number of thioether (sulfide) groups is 1. The Morgan fingerprint density at radius 3 is 2.83 bits per heavy atom. The van der Waals surface area contributed by atoms with Crippen molar-refractivity contribution in [2.75, 3.05) is 5.75 Å². The minimum Gasteiger partial charge on any atom is -0.455 e. The summed E-state index contributed by atoms with van der Waals surface area (Å²) < 4.78 is 9.28. The molecule has 0 radical (unpaired) electrons. The maximum atomic E-state index is 12.6. The van der Waals surface area contributed by atoms with Crippen molar-refractivity contribution in [1.82, 2.24) is 14.5 Å². The van der Waals surface area contributed by atoms with E-state index < -0.39 is 17.6 Å². The molecular formula is C15H18N4O3S2. The molecule has 1 aromatic heterocycles. The van der Waals surface area contributed by atoms with Crippen LogP contribution in [0.2, 0.25) is 0 Å². The van der Waals surface area contributed by atoms with E-state index in [1.54, 1.807) is 38.3 Å². The van der Waals surface area contributed by atoms with Crippen LogP contribution in [-0.2, 0) is 14.3 Å². The zero-order chi connectivity index (χ0) is 17.5. The average molecular weight is 366 g/mol. The summed E-state index contributed by atoms with van der Waals surface area (Å²) >= 11 is 2.79. The van der Waals surface area contributed by atoms with Crippen LogP contribution in [0.1, 0.15) is 26.5 Å². The third-order valence-corrected chi connectivity index (χ3v) is 5.31. The quantitative estimate of drug-likeness (QED) is 0.637. The van der Waals surface area contributed by atoms with Gasteiger partial charge in [-0.3, -0.25) is 9.69 Å². The maximum absolute atomic E-state index is 12.6. The summed E-state index contributed by atoms with van der Waals surface area (Å²) in [6.07, 6.45) is 3.56. The molecule has 1 unspecified atom stereocenters. The van der Waals surface area contributed by atoms with Crippen molar-refractivity contribution in [3.05, 3.63) is 28.4 Å². The van der Waals surface area contributed by atoms with Gasteiger partial charge in [-0.25, -0.2) is 4.79 Å². The fourth-order valence-electron chi connectivity index (χ4n) is 2.41. The largest absolute Gasteiger partial charge is 0.455 e. The number of hydrogen-bond acceptors (Lipinski definition) is 8. The zero-order valence-electron chi connectivity index (χ0n) is 13.6. The highest BCUT2D eigenvalue weighted by Crippen LogP contribution is 2.40. The SMILES string of the molecule is CC(C)(C)OC(=O)C1=C(C=Cc2csnn2)CS[C@H]2C(N)C(=O)N12. The summed E-state index contributed by atoms with van der Waals surface area (Å²) in [6.45, 7) is 5.38. The number of aromatic nitrogens is 2. The van der Waals surface area contributed by atoms with Crippen molar-refractivity contribution in [2.45, 2.75) is 37.8 Å². The molecule has 1 fully saturated rings. The third kappa shape index (κ3) is 3.24. The minimum atomic E-state index is -0.645. The lowest BCUT2D eigenvalue weighted by molar-refractivity contribution is -0.157. The Morgan fingerprint density at radius 2 is 2.21 bits per heavy atom. The fraction of sp³-hybridized carbons (Fsp3) is 0.467. The molecule has 7 nitrogen and oxygen atoms in total. The van der Waals surface area contributed by atoms with Crippen molar-refractivity contribution < 1.29 is 14.3 Å². The molecule has 2 aliphatic rings. The molecule has 2 aliphatic heterocycles. The van der Waals surface area contributed by atoms with Gasteiger partial charge in [0, 0.05) is 11.1 Å². The average Bonchev–Trinajstić information content (AvgIpc) is 3.02. The lowest BCUT2D eigenvalue weighted by Gasteiger charge is -2.48. The number of hydrogen-bond donors (Lipinski definition) is 1. The van der Waals surface area contributed by atoms with Gasteiger partial charge in [-0.05, 0) is 44.0 Å². The van der Waals surface area contributed by atoms with E-state index in [1.165, 1.54) is 28.2 Å². The summed E-state index contributed by atoms with van der Waals surface area (Å²) in [5.74, 6) is -0.191. The molecule has 0 bridgehead atoms. The third-order valence-electron chi connectivity index (χ3n) is 3.46. The Labute approximate surface area is 148 Å². The van der Waals surface area contributed by atoms with Crippen molar-refractivity contribution in [2.24, 2.45) is 5.73 Å². The molecule has 2 N–H and O–H groups in total. The van der Waals surface area contributed by atoms with Crippen LogP contribution in [0.5, 0.6) is 0 Å². The summed E-state index contributed by atoms with van der Waals surface area (Å²) in [5, 5.41) is 5.53. The van der Waals surface area contributed by atoms with Crippen LogP contribution in [0, 0.1) is 0 Å². The van der Waals surface area contributed by atoms with Crippen molar-refractivity contribution >= 4 is 41.2 Å². The number of ether oxygens (including phenoxy) is 1. The second-order valence-electron chi connectivity index (χ2n) is 6.47. The Hall–Kier alpha value is -1.71. The molecule has 0 spiro atoms. The van der Waals surface area contributed by atoms with E-state index >= 15 is 0 Å². The van der Waals surface area contributed by atoms with E-state index in [0.29, 0.717) is 11.4 Å². The summed E-state index contributed by atoms with van der Waals surface area (Å²) in [5.41, 5.74) is 6.90. The van der Waals surface area contributed by atoms with Gasteiger partial charge in [0.25, 0.3) is 0 Å². The topological polar surface area (TPSA) is 98.4 Å². The van der Waals surface area contributed by atoms with Gasteiger partial charge in [0.15, 0.2) is 0 Å². The van der Waals surface area contributed by atoms with Crippen molar-refractivity contribution in [3.8, 4) is 0 Å². The van der Waals surface area contributed by atoms with Gasteiger partial charge >= 0.3 is 5.97 Å². The number of carbonyl (C=O) groups is 2. The normalized spacial score (nSPS) is 24.2. The minimum absolute atomic E-state index is 0.210. The number of β-lactam (4-membered cyclic amide) rings is 1. The van der Waals surface area contributed by atoms with E-state index in [2.05, 4.69) is 9.59 Å². The molecule has 3 heterocycles. The summed E-state index contributed by atoms with van der Waals surface area (Å²) in [6, 6.07) is -0.569. The molecule has 128 valence electrons. The van der Waals surface area contributed by atoms with Gasteiger partial charge in [-0.1, -0.05) is 10.6 Å². The van der Waals surface area contributed by atoms with Crippen LogP contribution >= 0.6 is 23.3 Å². The highest BCUT2D eigenvalue weighted by atomic mass is 32.2. The zero-order valence-corrected chi connectivity index (χ0v) is 15.2. The number of carbonyl (C=O) groups excluding carboxylic acids is 2. The molecule has 24 heavy (non-hydrogen) atoms. The second-order valence-corrected chi connectivity index (χ2v) is 8.19. The van der Waals surface area contributed by atoms with Crippen LogP contribution in [0.25, 0.3) is 6.08 Å². The standard InChI is InChI=1S/C15H18N4O3S2/c1-15(2,3)22-14(21)11-8(4-5-9-7-24-18-17-9)6-23-13-10(16)12(20)19(11)13/h4-5,7,10,13H,6,16H2,1-3H3/t10?,13-/m0/s1. The lowest BCUT2D eigenvalue weighted by Crippen LogP contribution is -2.68. The predicted octanol–water partition coefficient (Wildman–Crippen LogP) is 1.39. The number of amides is 1. The van der Waals surface area contributed by atoms with Gasteiger partial charge in [0.05, 0.1) is 5.69 Å². The number of fused-ring (bicyclic) bond motifs is 1. The first kappa shape index (κ1) is 17.1.